The third kappa shape index (κ3) is 2.40. The SMILES string of the molecule is Cc1cc(N)cc(Nc2ccc(F)c(F)c2F)c1. The monoisotopic (exact) mass is 252 g/mol. The Morgan fingerprint density at radius 2 is 1.72 bits per heavy atom. The van der Waals surface area contributed by atoms with Crippen LogP contribution in [0.2, 0.25) is 0 Å². The molecule has 0 unspecified atom stereocenters. The Labute approximate surface area is 102 Å². The highest BCUT2D eigenvalue weighted by Crippen LogP contribution is 2.25. The van der Waals surface area contributed by atoms with Gasteiger partial charge in [0.2, 0.25) is 0 Å². The Morgan fingerprint density at radius 3 is 2.39 bits per heavy atom. The minimum absolute atomic E-state index is 0.140. The number of nitrogens with two attached hydrogens (primary N) is 1. The molecule has 0 aliphatic heterocycles. The number of aryl methyl sites for hydroxylation is 1. The van der Waals surface area contributed by atoms with Crippen LogP contribution in [0.1, 0.15) is 5.56 Å². The number of rotatable bonds is 2. The van der Waals surface area contributed by atoms with Gasteiger partial charge in [-0.2, -0.15) is 0 Å². The van der Waals surface area contributed by atoms with Crippen molar-refractivity contribution in [2.45, 2.75) is 6.92 Å². The van der Waals surface area contributed by atoms with Gasteiger partial charge in [-0.3, -0.25) is 0 Å². The van der Waals surface area contributed by atoms with E-state index < -0.39 is 17.5 Å². The minimum Gasteiger partial charge on any atom is -0.399 e. The van der Waals surface area contributed by atoms with Crippen LogP contribution in [0.3, 0.4) is 0 Å². The molecule has 0 spiro atoms. The highest BCUT2D eigenvalue weighted by atomic mass is 19.2. The van der Waals surface area contributed by atoms with Crippen molar-refractivity contribution in [1.29, 1.82) is 0 Å². The fourth-order valence-electron chi connectivity index (χ4n) is 1.66. The van der Waals surface area contributed by atoms with E-state index in [9.17, 15) is 13.2 Å². The van der Waals surface area contributed by atoms with Crippen LogP contribution >= 0.6 is 0 Å². The maximum absolute atomic E-state index is 13.4. The average molecular weight is 252 g/mol. The van der Waals surface area contributed by atoms with Gasteiger partial charge >= 0.3 is 0 Å². The molecule has 0 aliphatic rings. The van der Waals surface area contributed by atoms with Crippen LogP contribution in [-0.2, 0) is 0 Å². The minimum atomic E-state index is -1.50. The molecule has 2 nitrogen and oxygen atoms in total. The maximum Gasteiger partial charge on any atom is 0.196 e. The van der Waals surface area contributed by atoms with Crippen molar-refractivity contribution < 1.29 is 13.2 Å². The molecule has 18 heavy (non-hydrogen) atoms. The zero-order valence-electron chi connectivity index (χ0n) is 9.60. The fraction of sp³-hybridized carbons (Fsp3) is 0.0769. The van der Waals surface area contributed by atoms with Gasteiger partial charge in [-0.15, -0.1) is 0 Å². The molecule has 0 fully saturated rings. The summed E-state index contributed by atoms with van der Waals surface area (Å²) in [6.45, 7) is 1.82. The molecular formula is C13H11F3N2. The van der Waals surface area contributed by atoms with E-state index in [1.807, 2.05) is 6.92 Å². The van der Waals surface area contributed by atoms with E-state index >= 15 is 0 Å². The van der Waals surface area contributed by atoms with Crippen molar-refractivity contribution in [2.24, 2.45) is 0 Å². The predicted molar refractivity (Wildman–Crippen MR) is 65.2 cm³/mol. The summed E-state index contributed by atoms with van der Waals surface area (Å²) in [5, 5.41) is 2.66. The summed E-state index contributed by atoms with van der Waals surface area (Å²) in [5.41, 5.74) is 7.38. The topological polar surface area (TPSA) is 38.0 Å². The quantitative estimate of drug-likeness (QED) is 0.631. The van der Waals surface area contributed by atoms with Gasteiger partial charge in [0.05, 0.1) is 5.69 Å². The number of hydrogen-bond acceptors (Lipinski definition) is 2. The molecule has 0 saturated heterocycles. The fourth-order valence-corrected chi connectivity index (χ4v) is 1.66. The van der Waals surface area contributed by atoms with Crippen LogP contribution in [0.4, 0.5) is 30.2 Å². The molecule has 0 aromatic heterocycles. The second-order valence-corrected chi connectivity index (χ2v) is 3.98. The van der Waals surface area contributed by atoms with Crippen LogP contribution in [0.15, 0.2) is 30.3 Å². The Balaban J connectivity index is 2.37. The molecule has 2 aromatic rings. The van der Waals surface area contributed by atoms with Crippen LogP contribution in [0.25, 0.3) is 0 Å². The first-order chi connectivity index (χ1) is 8.47. The number of halogens is 3. The Morgan fingerprint density at radius 1 is 1.00 bits per heavy atom. The standard InChI is InChI=1S/C13H11F3N2/c1-7-4-8(17)6-9(5-7)18-11-3-2-10(14)12(15)13(11)16/h2-6,18H,17H2,1H3. The molecule has 0 amide bonds. The summed E-state index contributed by atoms with van der Waals surface area (Å²) in [5.74, 6) is -3.97. The summed E-state index contributed by atoms with van der Waals surface area (Å²) < 4.78 is 39.2. The zero-order chi connectivity index (χ0) is 13.3. The van der Waals surface area contributed by atoms with Crippen molar-refractivity contribution in [1.82, 2.24) is 0 Å². The van der Waals surface area contributed by atoms with E-state index in [-0.39, 0.29) is 5.69 Å². The van der Waals surface area contributed by atoms with Crippen molar-refractivity contribution in [3.05, 3.63) is 53.3 Å². The molecule has 3 N–H and O–H groups in total. The van der Waals surface area contributed by atoms with Gasteiger partial charge in [0.25, 0.3) is 0 Å². The first-order valence-corrected chi connectivity index (χ1v) is 5.25. The smallest absolute Gasteiger partial charge is 0.196 e. The van der Waals surface area contributed by atoms with Crippen molar-refractivity contribution in [3.8, 4) is 0 Å². The van der Waals surface area contributed by atoms with Crippen molar-refractivity contribution in [2.75, 3.05) is 11.1 Å². The third-order valence-corrected chi connectivity index (χ3v) is 2.41. The number of benzene rings is 2. The summed E-state index contributed by atoms with van der Waals surface area (Å²) >= 11 is 0. The Hall–Kier alpha value is -2.17. The first-order valence-electron chi connectivity index (χ1n) is 5.25. The maximum atomic E-state index is 13.4. The zero-order valence-corrected chi connectivity index (χ0v) is 9.60. The highest BCUT2D eigenvalue weighted by Gasteiger charge is 2.13. The number of hydrogen-bond donors (Lipinski definition) is 2. The predicted octanol–water partition coefficient (Wildman–Crippen LogP) is 3.74. The molecule has 0 radical (unpaired) electrons. The Kier molecular flexibility index (Phi) is 3.14. The average Bonchev–Trinajstić information content (AvgIpc) is 2.29. The van der Waals surface area contributed by atoms with E-state index in [1.165, 1.54) is 0 Å². The second-order valence-electron chi connectivity index (χ2n) is 3.98. The van der Waals surface area contributed by atoms with E-state index in [1.54, 1.807) is 18.2 Å². The van der Waals surface area contributed by atoms with Gasteiger partial charge in [0.1, 0.15) is 0 Å². The lowest BCUT2D eigenvalue weighted by Crippen LogP contribution is -1.99. The molecule has 5 heteroatoms. The van der Waals surface area contributed by atoms with E-state index in [2.05, 4.69) is 5.32 Å². The van der Waals surface area contributed by atoms with Crippen LogP contribution in [0, 0.1) is 24.4 Å². The lowest BCUT2D eigenvalue weighted by atomic mass is 10.2. The largest absolute Gasteiger partial charge is 0.399 e. The van der Waals surface area contributed by atoms with Crippen molar-refractivity contribution >= 4 is 17.1 Å². The van der Waals surface area contributed by atoms with E-state index in [4.69, 9.17) is 5.73 Å². The van der Waals surface area contributed by atoms with Crippen LogP contribution < -0.4 is 11.1 Å². The van der Waals surface area contributed by atoms with Crippen LogP contribution in [-0.4, -0.2) is 0 Å². The normalized spacial score (nSPS) is 10.4. The molecule has 0 heterocycles. The summed E-state index contributed by atoms with van der Waals surface area (Å²) in [7, 11) is 0. The lowest BCUT2D eigenvalue weighted by molar-refractivity contribution is 0.449. The molecule has 94 valence electrons. The van der Waals surface area contributed by atoms with Gasteiger partial charge in [0.15, 0.2) is 17.5 Å². The van der Waals surface area contributed by atoms with Gasteiger partial charge in [-0.05, 0) is 42.8 Å². The van der Waals surface area contributed by atoms with Gasteiger partial charge in [-0.25, -0.2) is 13.2 Å². The molecule has 0 bridgehead atoms. The van der Waals surface area contributed by atoms with E-state index in [0.717, 1.165) is 17.7 Å². The van der Waals surface area contributed by atoms with Gasteiger partial charge < -0.3 is 11.1 Å². The Bertz CT molecular complexity index is 577. The highest BCUT2D eigenvalue weighted by molar-refractivity contribution is 5.65. The molecule has 0 aliphatic carbocycles. The first kappa shape index (κ1) is 12.3. The third-order valence-electron chi connectivity index (χ3n) is 2.41. The van der Waals surface area contributed by atoms with Gasteiger partial charge in [0, 0.05) is 11.4 Å². The molecule has 0 atom stereocenters. The van der Waals surface area contributed by atoms with E-state index in [0.29, 0.717) is 11.4 Å². The molecule has 0 saturated carbocycles. The summed E-state index contributed by atoms with van der Waals surface area (Å²) in [6.07, 6.45) is 0. The van der Waals surface area contributed by atoms with Crippen molar-refractivity contribution in [3.63, 3.8) is 0 Å². The molecular weight excluding hydrogens is 241 g/mol. The summed E-state index contributed by atoms with van der Waals surface area (Å²) in [6, 6.07) is 7.03. The molecule has 2 rings (SSSR count). The number of anilines is 3. The second kappa shape index (κ2) is 4.60. The number of nitrogens with one attached hydrogen (secondary N) is 1. The number of nitrogen functional groups attached to an aromatic ring is 1. The van der Waals surface area contributed by atoms with Gasteiger partial charge in [-0.1, -0.05) is 0 Å². The van der Waals surface area contributed by atoms with Crippen LogP contribution in [0.5, 0.6) is 0 Å². The molecule has 2 aromatic carbocycles. The summed E-state index contributed by atoms with van der Waals surface area (Å²) in [4.78, 5) is 0. The lowest BCUT2D eigenvalue weighted by Gasteiger charge is -2.10.